The lowest BCUT2D eigenvalue weighted by Gasteiger charge is -2.10. The molecule has 0 spiro atoms. The molecule has 11 heteroatoms. The van der Waals surface area contributed by atoms with Gasteiger partial charge in [-0.3, -0.25) is 9.59 Å². The molecule has 3 N–H and O–H groups in total. The highest BCUT2D eigenvalue weighted by atomic mass is 35.5. The van der Waals surface area contributed by atoms with Crippen LogP contribution in [0.4, 0.5) is 4.39 Å². The number of nitrogens with zero attached hydrogens (tertiary/aromatic N) is 1. The van der Waals surface area contributed by atoms with Crippen molar-refractivity contribution in [1.29, 1.82) is 5.26 Å². The third-order valence-corrected chi connectivity index (χ3v) is 5.84. The summed E-state index contributed by atoms with van der Waals surface area (Å²) in [6.07, 6.45) is 1.06. The van der Waals surface area contributed by atoms with Gasteiger partial charge in [-0.05, 0) is 29.8 Å². The molecule has 0 aliphatic carbocycles. The van der Waals surface area contributed by atoms with Crippen molar-refractivity contribution >= 4 is 38.4 Å². The summed E-state index contributed by atoms with van der Waals surface area (Å²) in [4.78, 5) is 27.2. The highest BCUT2D eigenvalue weighted by Gasteiger charge is 2.22. The van der Waals surface area contributed by atoms with Crippen LogP contribution in [-0.4, -0.2) is 25.9 Å². The van der Waals surface area contributed by atoms with Crippen LogP contribution >= 0.6 is 11.6 Å². The van der Waals surface area contributed by atoms with E-state index in [-0.39, 0.29) is 23.0 Å². The van der Waals surface area contributed by atoms with E-state index >= 15 is 0 Å². The van der Waals surface area contributed by atoms with Crippen LogP contribution in [0.1, 0.15) is 15.9 Å². The van der Waals surface area contributed by atoms with Crippen LogP contribution in [0.2, 0.25) is 5.02 Å². The van der Waals surface area contributed by atoms with Gasteiger partial charge in [0.15, 0.2) is 0 Å². The molecule has 8 nitrogen and oxygen atoms in total. The van der Waals surface area contributed by atoms with Gasteiger partial charge in [-0.1, -0.05) is 23.7 Å². The maximum atomic E-state index is 14.0. The van der Waals surface area contributed by atoms with Crippen molar-refractivity contribution in [2.24, 2.45) is 0 Å². The number of aromatic nitrogens is 1. The van der Waals surface area contributed by atoms with Crippen molar-refractivity contribution in [2.45, 2.75) is 11.4 Å². The molecule has 0 aliphatic heterocycles. The van der Waals surface area contributed by atoms with Crippen LogP contribution in [-0.2, 0) is 16.6 Å². The predicted molar refractivity (Wildman–Crippen MR) is 108 cm³/mol. The fraction of sp³-hybridized carbons (Fsp3) is 0.105. The molecule has 1 aromatic heterocycles. The number of hydrogen-bond donors (Lipinski definition) is 3. The van der Waals surface area contributed by atoms with Crippen molar-refractivity contribution in [1.82, 2.24) is 15.0 Å². The monoisotopic (exact) mass is 448 g/mol. The Morgan fingerprint density at radius 3 is 2.60 bits per heavy atom. The third kappa shape index (κ3) is 4.49. The van der Waals surface area contributed by atoms with Crippen LogP contribution in [0.25, 0.3) is 10.9 Å². The van der Waals surface area contributed by atoms with Crippen molar-refractivity contribution in [3.05, 3.63) is 74.8 Å². The molecule has 0 atom stereocenters. The molecule has 30 heavy (non-hydrogen) atoms. The zero-order valence-electron chi connectivity index (χ0n) is 15.2. The molecular weight excluding hydrogens is 435 g/mol. The Hall–Kier alpha value is -3.26. The number of amides is 1. The van der Waals surface area contributed by atoms with Crippen molar-refractivity contribution in [3.63, 3.8) is 0 Å². The molecule has 0 bridgehead atoms. The first-order valence-electron chi connectivity index (χ1n) is 8.47. The molecule has 3 rings (SSSR count). The van der Waals surface area contributed by atoms with Gasteiger partial charge in [0, 0.05) is 17.8 Å². The largest absolute Gasteiger partial charge is 0.359 e. The van der Waals surface area contributed by atoms with Gasteiger partial charge >= 0.3 is 0 Å². The van der Waals surface area contributed by atoms with E-state index in [1.165, 1.54) is 0 Å². The molecule has 0 radical (unpaired) electrons. The number of sulfonamides is 1. The SMILES string of the molecule is N#CCNS(=O)(=O)c1cc(F)cc2c(=O)c(C(=O)NCc3ccc(Cl)cc3)c[nH]c12. The van der Waals surface area contributed by atoms with Gasteiger partial charge in [-0.25, -0.2) is 12.8 Å². The van der Waals surface area contributed by atoms with Crippen molar-refractivity contribution in [3.8, 4) is 6.07 Å². The summed E-state index contributed by atoms with van der Waals surface area (Å²) in [5, 5.41) is 11.4. The van der Waals surface area contributed by atoms with E-state index in [1.54, 1.807) is 30.3 Å². The van der Waals surface area contributed by atoms with E-state index in [4.69, 9.17) is 16.9 Å². The Kier molecular flexibility index (Phi) is 6.17. The smallest absolute Gasteiger partial charge is 0.257 e. The quantitative estimate of drug-likeness (QED) is 0.496. The van der Waals surface area contributed by atoms with Crippen molar-refractivity contribution < 1.29 is 17.6 Å². The highest BCUT2D eigenvalue weighted by Crippen LogP contribution is 2.21. The van der Waals surface area contributed by atoms with E-state index in [9.17, 15) is 22.4 Å². The lowest BCUT2D eigenvalue weighted by Crippen LogP contribution is -2.29. The minimum absolute atomic E-state index is 0.119. The topological polar surface area (TPSA) is 132 Å². The van der Waals surface area contributed by atoms with Gasteiger partial charge in [0.2, 0.25) is 15.5 Å². The molecule has 3 aromatic rings. The summed E-state index contributed by atoms with van der Waals surface area (Å²) in [5.41, 5.74) is -0.585. The third-order valence-electron chi connectivity index (χ3n) is 4.16. The Labute approximate surface area is 175 Å². The standard InChI is InChI=1S/C19H14ClFN4O4S/c20-12-3-1-11(2-4-12)9-24-19(27)15-10-23-17-14(18(15)26)7-13(21)8-16(17)30(28,29)25-6-5-22/h1-4,7-8,10,25H,6,9H2,(H,23,26)(H,24,27). The van der Waals surface area contributed by atoms with Crippen LogP contribution in [0.15, 0.2) is 52.3 Å². The molecule has 0 saturated heterocycles. The molecule has 0 aliphatic rings. The maximum absolute atomic E-state index is 14.0. The number of H-pyrrole nitrogens is 1. The van der Waals surface area contributed by atoms with Crippen LogP contribution in [0.5, 0.6) is 0 Å². The zero-order valence-corrected chi connectivity index (χ0v) is 16.8. The number of benzene rings is 2. The molecule has 0 saturated carbocycles. The summed E-state index contributed by atoms with van der Waals surface area (Å²) in [6.45, 7) is -0.413. The van der Waals surface area contributed by atoms with E-state index in [2.05, 4.69) is 10.3 Å². The van der Waals surface area contributed by atoms with E-state index in [0.717, 1.165) is 23.9 Å². The summed E-state index contributed by atoms with van der Waals surface area (Å²) >= 11 is 5.81. The lowest BCUT2D eigenvalue weighted by atomic mass is 10.1. The molecule has 154 valence electrons. The van der Waals surface area contributed by atoms with Crippen LogP contribution in [0, 0.1) is 17.1 Å². The van der Waals surface area contributed by atoms with Gasteiger partial charge in [-0.15, -0.1) is 0 Å². The van der Waals surface area contributed by atoms with Gasteiger partial charge in [0.25, 0.3) is 5.91 Å². The highest BCUT2D eigenvalue weighted by molar-refractivity contribution is 7.89. The number of carbonyl (C=O) groups is 1. The van der Waals surface area contributed by atoms with Crippen LogP contribution in [0.3, 0.4) is 0 Å². The second-order valence-electron chi connectivity index (χ2n) is 6.15. The lowest BCUT2D eigenvalue weighted by molar-refractivity contribution is 0.0949. The second-order valence-corrected chi connectivity index (χ2v) is 8.32. The number of carbonyl (C=O) groups excluding carboxylic acids is 1. The second kappa shape index (κ2) is 8.62. The fourth-order valence-corrected chi connectivity index (χ4v) is 3.97. The number of halogens is 2. The van der Waals surface area contributed by atoms with E-state index < -0.39 is 38.6 Å². The maximum Gasteiger partial charge on any atom is 0.257 e. The van der Waals surface area contributed by atoms with Gasteiger partial charge in [-0.2, -0.15) is 9.98 Å². The van der Waals surface area contributed by atoms with Gasteiger partial charge in [0.05, 0.1) is 23.5 Å². The normalized spacial score (nSPS) is 11.2. The van der Waals surface area contributed by atoms with Crippen molar-refractivity contribution in [2.75, 3.05) is 6.54 Å². The number of fused-ring (bicyclic) bond motifs is 1. The molecule has 0 unspecified atom stereocenters. The molecule has 1 heterocycles. The number of aromatic amines is 1. The van der Waals surface area contributed by atoms with Gasteiger partial charge < -0.3 is 10.3 Å². The Balaban J connectivity index is 1.98. The fourth-order valence-electron chi connectivity index (χ4n) is 2.73. The summed E-state index contributed by atoms with van der Waals surface area (Å²) in [7, 11) is -4.27. The summed E-state index contributed by atoms with van der Waals surface area (Å²) in [5.74, 6) is -1.70. The first-order valence-corrected chi connectivity index (χ1v) is 10.3. The van der Waals surface area contributed by atoms with Crippen LogP contribution < -0.4 is 15.5 Å². The molecule has 1 amide bonds. The Morgan fingerprint density at radius 2 is 1.93 bits per heavy atom. The average molecular weight is 449 g/mol. The first-order chi connectivity index (χ1) is 14.2. The zero-order chi connectivity index (χ0) is 21.9. The predicted octanol–water partition coefficient (Wildman–Crippen LogP) is 2.05. The average Bonchev–Trinajstić information content (AvgIpc) is 2.72. The van der Waals surface area contributed by atoms with E-state index in [0.29, 0.717) is 5.02 Å². The van der Waals surface area contributed by atoms with E-state index in [1.807, 2.05) is 4.72 Å². The van der Waals surface area contributed by atoms with Gasteiger partial charge in [0.1, 0.15) is 16.3 Å². The molecule has 0 fully saturated rings. The number of hydrogen-bond acceptors (Lipinski definition) is 5. The first kappa shape index (κ1) is 21.4. The molecular formula is C19H14ClFN4O4S. The number of rotatable bonds is 6. The number of nitrogens with one attached hydrogen (secondary N) is 3. The number of pyridine rings is 1. The number of nitriles is 1. The minimum Gasteiger partial charge on any atom is -0.359 e. The summed E-state index contributed by atoms with van der Waals surface area (Å²) < 4.78 is 40.7. The summed E-state index contributed by atoms with van der Waals surface area (Å²) in [6, 6.07) is 9.87. The minimum atomic E-state index is -4.27. The Bertz CT molecular complexity index is 1330. The Morgan fingerprint density at radius 1 is 1.23 bits per heavy atom. The molecule has 2 aromatic carbocycles.